The molecule has 0 heterocycles. The third-order valence-electron chi connectivity index (χ3n) is 2.61. The van der Waals surface area contributed by atoms with Gasteiger partial charge in [-0.2, -0.15) is 0 Å². The molecule has 0 aromatic heterocycles. The van der Waals surface area contributed by atoms with E-state index in [0.29, 0.717) is 26.7 Å². The Morgan fingerprint density at radius 1 is 1.16 bits per heavy atom. The summed E-state index contributed by atoms with van der Waals surface area (Å²) in [5.41, 5.74) is 1.29. The topological polar surface area (TPSA) is 9.23 Å². The highest BCUT2D eigenvalue weighted by molar-refractivity contribution is 9.08. The molecule has 19 heavy (non-hydrogen) atoms. The van der Waals surface area contributed by atoms with Crippen LogP contribution in [0.1, 0.15) is 11.1 Å². The van der Waals surface area contributed by atoms with Crippen molar-refractivity contribution in [1.82, 2.24) is 0 Å². The minimum atomic E-state index is -0.380. The largest absolute Gasteiger partial charge is 0.488 e. The van der Waals surface area contributed by atoms with Crippen molar-refractivity contribution in [2.75, 3.05) is 0 Å². The number of hydrogen-bond donors (Lipinski definition) is 0. The zero-order valence-electron chi connectivity index (χ0n) is 9.80. The Morgan fingerprint density at radius 3 is 2.63 bits per heavy atom. The van der Waals surface area contributed by atoms with Crippen LogP contribution in [0.15, 0.2) is 36.4 Å². The molecule has 0 unspecified atom stereocenters. The third-order valence-corrected chi connectivity index (χ3v) is 3.76. The van der Waals surface area contributed by atoms with Gasteiger partial charge >= 0.3 is 0 Å². The van der Waals surface area contributed by atoms with Crippen LogP contribution in [0.2, 0.25) is 10.0 Å². The molecule has 0 atom stereocenters. The summed E-state index contributed by atoms with van der Waals surface area (Å²) in [4.78, 5) is 0. The fraction of sp³-hybridized carbons (Fsp3) is 0.143. The molecule has 0 saturated heterocycles. The minimum Gasteiger partial charge on any atom is -0.488 e. The zero-order chi connectivity index (χ0) is 13.8. The minimum absolute atomic E-state index is 0.128. The van der Waals surface area contributed by atoms with Gasteiger partial charge in [-0.05, 0) is 24.3 Å². The van der Waals surface area contributed by atoms with E-state index in [1.54, 1.807) is 30.3 Å². The summed E-state index contributed by atoms with van der Waals surface area (Å²) >= 11 is 15.1. The van der Waals surface area contributed by atoms with Gasteiger partial charge in [-0.15, -0.1) is 0 Å². The van der Waals surface area contributed by atoms with Gasteiger partial charge in [0, 0.05) is 26.5 Å². The Hall–Kier alpha value is -0.770. The van der Waals surface area contributed by atoms with Crippen LogP contribution in [-0.4, -0.2) is 0 Å². The van der Waals surface area contributed by atoms with Gasteiger partial charge < -0.3 is 4.74 Å². The molecular formula is C14H10BrCl2FO. The molecule has 0 radical (unpaired) electrons. The summed E-state index contributed by atoms with van der Waals surface area (Å²) in [6.07, 6.45) is 0. The van der Waals surface area contributed by atoms with E-state index in [0.717, 1.165) is 5.56 Å². The summed E-state index contributed by atoms with van der Waals surface area (Å²) < 4.78 is 19.2. The molecule has 100 valence electrons. The van der Waals surface area contributed by atoms with Crippen molar-refractivity contribution in [2.24, 2.45) is 0 Å². The van der Waals surface area contributed by atoms with Gasteiger partial charge in [-0.3, -0.25) is 0 Å². The molecule has 0 bridgehead atoms. The highest BCUT2D eigenvalue weighted by Crippen LogP contribution is 2.29. The van der Waals surface area contributed by atoms with Gasteiger partial charge in [0.1, 0.15) is 18.2 Å². The second kappa shape index (κ2) is 6.60. The first-order chi connectivity index (χ1) is 9.11. The Kier molecular flexibility index (Phi) is 5.08. The van der Waals surface area contributed by atoms with E-state index in [9.17, 15) is 4.39 Å². The van der Waals surface area contributed by atoms with Crippen molar-refractivity contribution >= 4 is 39.1 Å². The van der Waals surface area contributed by atoms with Gasteiger partial charge in [0.05, 0.1) is 0 Å². The highest BCUT2D eigenvalue weighted by Gasteiger charge is 2.09. The molecule has 0 aliphatic carbocycles. The van der Waals surface area contributed by atoms with E-state index in [1.807, 2.05) is 0 Å². The number of halogens is 4. The first-order valence-electron chi connectivity index (χ1n) is 5.52. The molecule has 1 nitrogen and oxygen atoms in total. The lowest BCUT2D eigenvalue weighted by atomic mass is 10.2. The first-order valence-corrected chi connectivity index (χ1v) is 7.39. The number of ether oxygens (including phenoxy) is 1. The van der Waals surface area contributed by atoms with Crippen LogP contribution in [0.5, 0.6) is 5.75 Å². The summed E-state index contributed by atoms with van der Waals surface area (Å²) in [7, 11) is 0. The molecule has 0 aliphatic heterocycles. The van der Waals surface area contributed by atoms with Crippen LogP contribution in [-0.2, 0) is 11.9 Å². The van der Waals surface area contributed by atoms with Crippen molar-refractivity contribution in [3.05, 3.63) is 63.4 Å². The summed E-state index contributed by atoms with van der Waals surface area (Å²) in [6, 6.07) is 9.89. The molecule has 2 rings (SSSR count). The van der Waals surface area contributed by atoms with Crippen LogP contribution < -0.4 is 4.74 Å². The lowest BCUT2D eigenvalue weighted by Gasteiger charge is -2.11. The van der Waals surface area contributed by atoms with Gasteiger partial charge in [0.25, 0.3) is 0 Å². The molecule has 0 spiro atoms. The molecule has 2 aromatic carbocycles. The average molecular weight is 364 g/mol. The molecule has 0 aliphatic rings. The maximum Gasteiger partial charge on any atom is 0.131 e. The fourth-order valence-corrected chi connectivity index (χ4v) is 2.73. The van der Waals surface area contributed by atoms with Gasteiger partial charge in [-0.1, -0.05) is 51.3 Å². The average Bonchev–Trinajstić information content (AvgIpc) is 2.38. The zero-order valence-corrected chi connectivity index (χ0v) is 12.9. The number of hydrogen-bond acceptors (Lipinski definition) is 1. The van der Waals surface area contributed by atoms with Crippen molar-refractivity contribution in [1.29, 1.82) is 0 Å². The van der Waals surface area contributed by atoms with Crippen LogP contribution >= 0.6 is 39.1 Å². The van der Waals surface area contributed by atoms with E-state index < -0.39 is 0 Å². The lowest BCUT2D eigenvalue weighted by Crippen LogP contribution is -2.00. The van der Waals surface area contributed by atoms with Gasteiger partial charge in [-0.25, -0.2) is 4.39 Å². The molecule has 0 N–H and O–H groups in total. The molecule has 2 aromatic rings. The van der Waals surface area contributed by atoms with E-state index in [4.69, 9.17) is 27.9 Å². The molecule has 0 fully saturated rings. The Morgan fingerprint density at radius 2 is 1.95 bits per heavy atom. The van der Waals surface area contributed by atoms with Gasteiger partial charge in [0.2, 0.25) is 0 Å². The summed E-state index contributed by atoms with van der Waals surface area (Å²) in [5, 5.41) is 1.56. The molecular weight excluding hydrogens is 354 g/mol. The standard InChI is InChI=1S/C14H10BrCl2FO/c15-7-11-12(17)2-1-3-14(11)19-8-9-4-5-10(16)6-13(9)18/h1-6H,7-8H2. The monoisotopic (exact) mass is 362 g/mol. The SMILES string of the molecule is Fc1cc(Cl)ccc1COc1cccc(Cl)c1CBr. The van der Waals surface area contributed by atoms with Crippen LogP contribution in [0.25, 0.3) is 0 Å². The van der Waals surface area contributed by atoms with E-state index in [-0.39, 0.29) is 12.4 Å². The molecule has 0 amide bonds. The number of alkyl halides is 1. The van der Waals surface area contributed by atoms with Crippen molar-refractivity contribution in [3.8, 4) is 5.75 Å². The predicted octanol–water partition coefficient (Wildman–Crippen LogP) is 5.61. The number of benzene rings is 2. The van der Waals surface area contributed by atoms with Crippen LogP contribution in [0.4, 0.5) is 4.39 Å². The summed E-state index contributed by atoms with van der Waals surface area (Å²) in [5.74, 6) is 0.258. The van der Waals surface area contributed by atoms with Crippen molar-refractivity contribution in [3.63, 3.8) is 0 Å². The first kappa shape index (κ1) is 14.6. The smallest absolute Gasteiger partial charge is 0.131 e. The fourth-order valence-electron chi connectivity index (χ4n) is 1.60. The van der Waals surface area contributed by atoms with E-state index >= 15 is 0 Å². The van der Waals surface area contributed by atoms with E-state index in [1.165, 1.54) is 6.07 Å². The predicted molar refractivity (Wildman–Crippen MR) is 79.8 cm³/mol. The quantitative estimate of drug-likeness (QED) is 0.642. The number of rotatable bonds is 4. The second-order valence-electron chi connectivity index (χ2n) is 3.87. The summed E-state index contributed by atoms with van der Waals surface area (Å²) in [6.45, 7) is 0.128. The van der Waals surface area contributed by atoms with Crippen LogP contribution in [0, 0.1) is 5.82 Å². The van der Waals surface area contributed by atoms with Gasteiger partial charge in [0.15, 0.2) is 0 Å². The van der Waals surface area contributed by atoms with E-state index in [2.05, 4.69) is 15.9 Å². The Labute approximate surface area is 129 Å². The van der Waals surface area contributed by atoms with Crippen LogP contribution in [0.3, 0.4) is 0 Å². The normalized spacial score (nSPS) is 10.5. The maximum atomic E-state index is 13.6. The maximum absolute atomic E-state index is 13.6. The molecule has 0 saturated carbocycles. The van der Waals surface area contributed by atoms with Crippen molar-refractivity contribution < 1.29 is 9.13 Å². The Bertz CT molecular complexity index is 590. The second-order valence-corrected chi connectivity index (χ2v) is 5.28. The third kappa shape index (κ3) is 3.62. The lowest BCUT2D eigenvalue weighted by molar-refractivity contribution is 0.297. The highest BCUT2D eigenvalue weighted by atomic mass is 79.9. The Balaban J connectivity index is 2.17. The van der Waals surface area contributed by atoms with Crippen molar-refractivity contribution in [2.45, 2.75) is 11.9 Å². The molecule has 5 heteroatoms.